The van der Waals surface area contributed by atoms with Crippen LogP contribution < -0.4 is 11.1 Å². The average Bonchev–Trinajstić information content (AvgIpc) is 2.66. The molecule has 1 unspecified atom stereocenters. The Morgan fingerprint density at radius 2 is 2.25 bits per heavy atom. The lowest BCUT2D eigenvalue weighted by atomic mass is 10.3. The van der Waals surface area contributed by atoms with Gasteiger partial charge in [0.2, 0.25) is 0 Å². The van der Waals surface area contributed by atoms with Crippen LogP contribution in [0.1, 0.15) is 12.7 Å². The van der Waals surface area contributed by atoms with Crippen LogP contribution in [-0.2, 0) is 6.42 Å². The number of nitrogens with one attached hydrogen (secondary N) is 2. The summed E-state index contributed by atoms with van der Waals surface area (Å²) in [6.45, 7) is 3.75. The van der Waals surface area contributed by atoms with E-state index in [1.165, 1.54) is 0 Å². The number of para-hydroxylation sites is 2. The summed E-state index contributed by atoms with van der Waals surface area (Å²) >= 11 is 0. The zero-order chi connectivity index (χ0) is 11.4. The summed E-state index contributed by atoms with van der Waals surface area (Å²) in [4.78, 5) is 7.80. The van der Waals surface area contributed by atoms with E-state index in [-0.39, 0.29) is 6.04 Å². The lowest BCUT2D eigenvalue weighted by Gasteiger charge is -2.05. The Balaban J connectivity index is 1.89. The minimum atomic E-state index is 0.204. The van der Waals surface area contributed by atoms with Gasteiger partial charge in [0.25, 0.3) is 0 Å². The molecule has 4 N–H and O–H groups in total. The predicted molar refractivity (Wildman–Crippen MR) is 66.3 cm³/mol. The first-order valence-corrected chi connectivity index (χ1v) is 5.65. The van der Waals surface area contributed by atoms with Crippen LogP contribution in [0.5, 0.6) is 0 Å². The van der Waals surface area contributed by atoms with Crippen LogP contribution in [-0.4, -0.2) is 29.1 Å². The second kappa shape index (κ2) is 5.09. The molecule has 0 aliphatic carbocycles. The zero-order valence-electron chi connectivity index (χ0n) is 9.53. The van der Waals surface area contributed by atoms with E-state index in [1.807, 2.05) is 31.2 Å². The molecule has 0 aliphatic rings. The van der Waals surface area contributed by atoms with Gasteiger partial charge in [0.1, 0.15) is 5.82 Å². The van der Waals surface area contributed by atoms with Crippen molar-refractivity contribution < 1.29 is 0 Å². The Hall–Kier alpha value is -1.39. The number of aromatic amines is 1. The average molecular weight is 218 g/mol. The van der Waals surface area contributed by atoms with Crippen LogP contribution in [0, 0.1) is 0 Å². The lowest BCUT2D eigenvalue weighted by molar-refractivity contribution is 0.603. The number of nitrogens with two attached hydrogens (primary N) is 1. The summed E-state index contributed by atoms with van der Waals surface area (Å²) in [7, 11) is 0. The fraction of sp³-hybridized carbons (Fsp3) is 0.417. The second-order valence-electron chi connectivity index (χ2n) is 4.13. The minimum absolute atomic E-state index is 0.204. The van der Waals surface area contributed by atoms with Gasteiger partial charge in [0.05, 0.1) is 11.0 Å². The summed E-state index contributed by atoms with van der Waals surface area (Å²) in [5, 5.41) is 3.29. The van der Waals surface area contributed by atoms with Crippen molar-refractivity contribution in [2.75, 3.05) is 13.1 Å². The summed E-state index contributed by atoms with van der Waals surface area (Å²) < 4.78 is 0. The first kappa shape index (κ1) is 11.1. The number of fused-ring (bicyclic) bond motifs is 1. The molecule has 1 aromatic carbocycles. The Bertz CT molecular complexity index is 414. The number of hydrogen-bond acceptors (Lipinski definition) is 3. The molecule has 1 heterocycles. The van der Waals surface area contributed by atoms with Crippen molar-refractivity contribution in [1.82, 2.24) is 15.3 Å². The number of H-pyrrole nitrogens is 1. The first-order valence-electron chi connectivity index (χ1n) is 5.65. The third-order valence-electron chi connectivity index (χ3n) is 2.44. The molecule has 2 rings (SSSR count). The van der Waals surface area contributed by atoms with Crippen LogP contribution in [0.3, 0.4) is 0 Å². The quantitative estimate of drug-likeness (QED) is 0.657. The Labute approximate surface area is 95.3 Å². The first-order chi connectivity index (χ1) is 7.75. The molecule has 0 spiro atoms. The Morgan fingerprint density at radius 1 is 1.44 bits per heavy atom. The van der Waals surface area contributed by atoms with Crippen molar-refractivity contribution in [1.29, 1.82) is 0 Å². The van der Waals surface area contributed by atoms with Crippen molar-refractivity contribution in [2.24, 2.45) is 5.73 Å². The fourth-order valence-corrected chi connectivity index (χ4v) is 1.66. The molecule has 0 saturated carbocycles. The van der Waals surface area contributed by atoms with E-state index in [0.717, 1.165) is 36.4 Å². The molecule has 1 atom stereocenters. The van der Waals surface area contributed by atoms with Gasteiger partial charge < -0.3 is 16.0 Å². The van der Waals surface area contributed by atoms with Crippen molar-refractivity contribution in [3.8, 4) is 0 Å². The molecule has 0 amide bonds. The maximum absolute atomic E-state index is 5.65. The van der Waals surface area contributed by atoms with Crippen molar-refractivity contribution in [3.63, 3.8) is 0 Å². The van der Waals surface area contributed by atoms with Gasteiger partial charge in [-0.2, -0.15) is 0 Å². The monoisotopic (exact) mass is 218 g/mol. The molecule has 16 heavy (non-hydrogen) atoms. The number of rotatable bonds is 5. The zero-order valence-corrected chi connectivity index (χ0v) is 9.53. The summed E-state index contributed by atoms with van der Waals surface area (Å²) in [5.74, 6) is 1.03. The normalized spacial score (nSPS) is 13.1. The fourth-order valence-electron chi connectivity index (χ4n) is 1.66. The molecule has 0 saturated heterocycles. The highest BCUT2D eigenvalue weighted by Crippen LogP contribution is 2.09. The molecule has 4 heteroatoms. The van der Waals surface area contributed by atoms with Gasteiger partial charge in [-0.05, 0) is 19.1 Å². The van der Waals surface area contributed by atoms with Crippen LogP contribution in [0.2, 0.25) is 0 Å². The van der Waals surface area contributed by atoms with Gasteiger partial charge in [-0.25, -0.2) is 4.98 Å². The van der Waals surface area contributed by atoms with E-state index < -0.39 is 0 Å². The molecule has 0 bridgehead atoms. The maximum atomic E-state index is 5.65. The summed E-state index contributed by atoms with van der Waals surface area (Å²) in [6, 6.07) is 8.28. The van der Waals surface area contributed by atoms with Crippen molar-refractivity contribution in [2.45, 2.75) is 19.4 Å². The predicted octanol–water partition coefficient (Wildman–Crippen LogP) is 1.04. The standard InChI is InChI=1S/C12H18N4/c1-9(13)8-14-7-6-12-15-10-4-2-3-5-11(10)16-12/h2-5,9,14H,6-8,13H2,1H3,(H,15,16). The van der Waals surface area contributed by atoms with Gasteiger partial charge in [0.15, 0.2) is 0 Å². The molecule has 4 nitrogen and oxygen atoms in total. The van der Waals surface area contributed by atoms with Crippen LogP contribution >= 0.6 is 0 Å². The maximum Gasteiger partial charge on any atom is 0.108 e. The molecule has 1 aromatic heterocycles. The van der Waals surface area contributed by atoms with E-state index in [1.54, 1.807) is 0 Å². The minimum Gasteiger partial charge on any atom is -0.342 e. The van der Waals surface area contributed by atoms with Gasteiger partial charge in [-0.1, -0.05) is 12.1 Å². The van der Waals surface area contributed by atoms with Gasteiger partial charge in [-0.3, -0.25) is 0 Å². The Morgan fingerprint density at radius 3 is 3.00 bits per heavy atom. The van der Waals surface area contributed by atoms with Crippen molar-refractivity contribution in [3.05, 3.63) is 30.1 Å². The SMILES string of the molecule is CC(N)CNCCc1nc2ccccc2[nH]1. The highest BCUT2D eigenvalue weighted by molar-refractivity contribution is 5.74. The largest absolute Gasteiger partial charge is 0.342 e. The number of imidazole rings is 1. The highest BCUT2D eigenvalue weighted by Gasteiger charge is 2.01. The van der Waals surface area contributed by atoms with Crippen LogP contribution in [0.25, 0.3) is 11.0 Å². The second-order valence-corrected chi connectivity index (χ2v) is 4.13. The molecule has 2 aromatic rings. The van der Waals surface area contributed by atoms with Gasteiger partial charge in [-0.15, -0.1) is 0 Å². The molecule has 86 valence electrons. The molecule has 0 aliphatic heterocycles. The third kappa shape index (κ3) is 2.81. The Kier molecular flexibility index (Phi) is 3.54. The van der Waals surface area contributed by atoms with E-state index in [2.05, 4.69) is 15.3 Å². The topological polar surface area (TPSA) is 66.7 Å². The van der Waals surface area contributed by atoms with Gasteiger partial charge in [0, 0.05) is 25.6 Å². The molecular weight excluding hydrogens is 200 g/mol. The third-order valence-corrected chi connectivity index (χ3v) is 2.44. The van der Waals surface area contributed by atoms with E-state index in [9.17, 15) is 0 Å². The molecular formula is C12H18N4. The highest BCUT2D eigenvalue weighted by atomic mass is 14.9. The van der Waals surface area contributed by atoms with E-state index in [0.29, 0.717) is 0 Å². The van der Waals surface area contributed by atoms with Crippen molar-refractivity contribution >= 4 is 11.0 Å². The molecule has 0 radical (unpaired) electrons. The van der Waals surface area contributed by atoms with E-state index >= 15 is 0 Å². The smallest absolute Gasteiger partial charge is 0.108 e. The number of nitrogens with zero attached hydrogens (tertiary/aromatic N) is 1. The molecule has 0 fully saturated rings. The number of hydrogen-bond donors (Lipinski definition) is 3. The number of benzene rings is 1. The van der Waals surface area contributed by atoms with Crippen LogP contribution in [0.4, 0.5) is 0 Å². The van der Waals surface area contributed by atoms with E-state index in [4.69, 9.17) is 5.73 Å². The number of aromatic nitrogens is 2. The summed E-state index contributed by atoms with van der Waals surface area (Å²) in [6.07, 6.45) is 0.904. The lowest BCUT2D eigenvalue weighted by Crippen LogP contribution is -2.32. The summed E-state index contributed by atoms with van der Waals surface area (Å²) in [5.41, 5.74) is 7.78. The van der Waals surface area contributed by atoms with Crippen LogP contribution in [0.15, 0.2) is 24.3 Å². The van der Waals surface area contributed by atoms with Gasteiger partial charge >= 0.3 is 0 Å².